The third-order valence-corrected chi connectivity index (χ3v) is 3.20. The Morgan fingerprint density at radius 3 is 2.80 bits per heavy atom. The monoisotopic (exact) mass is 284 g/mol. The van der Waals surface area contributed by atoms with Gasteiger partial charge in [-0.15, -0.1) is 0 Å². The highest BCUT2D eigenvalue weighted by molar-refractivity contribution is 6.30. The number of hydrogen-bond donors (Lipinski definition) is 1. The van der Waals surface area contributed by atoms with Crippen LogP contribution in [0.1, 0.15) is 10.4 Å². The smallest absolute Gasteiger partial charge is 0.336 e. The molecule has 3 aromatic rings. The van der Waals surface area contributed by atoms with Crippen molar-refractivity contribution in [2.75, 3.05) is 0 Å². The maximum atomic E-state index is 11.4. The Labute approximate surface area is 119 Å². The van der Waals surface area contributed by atoms with E-state index in [1.54, 1.807) is 42.7 Å². The van der Waals surface area contributed by atoms with Crippen LogP contribution in [-0.2, 0) is 0 Å². The summed E-state index contributed by atoms with van der Waals surface area (Å²) in [6.45, 7) is 0. The molecule has 0 radical (unpaired) electrons. The van der Waals surface area contributed by atoms with Crippen LogP contribution in [0.15, 0.2) is 48.8 Å². The Bertz CT molecular complexity index is 818. The Kier molecular flexibility index (Phi) is 3.08. The van der Waals surface area contributed by atoms with E-state index in [4.69, 9.17) is 11.6 Å². The van der Waals surface area contributed by atoms with Crippen molar-refractivity contribution in [3.63, 3.8) is 0 Å². The number of carboxylic acids is 1. The van der Waals surface area contributed by atoms with Crippen LogP contribution in [0, 0.1) is 0 Å². The maximum absolute atomic E-state index is 11.4. The second kappa shape index (κ2) is 4.90. The molecule has 0 saturated carbocycles. The topological polar surface area (TPSA) is 63.1 Å². The van der Waals surface area contributed by atoms with Crippen molar-refractivity contribution in [2.24, 2.45) is 0 Å². The molecule has 0 unspecified atom stereocenters. The van der Waals surface area contributed by atoms with Gasteiger partial charge in [-0.25, -0.2) is 9.78 Å². The minimum atomic E-state index is -0.994. The molecule has 3 rings (SSSR count). The number of carbonyl (C=O) groups is 1. The van der Waals surface area contributed by atoms with Crippen molar-refractivity contribution < 1.29 is 9.90 Å². The first-order chi connectivity index (χ1) is 9.65. The van der Waals surface area contributed by atoms with Crippen LogP contribution in [0.2, 0.25) is 5.02 Å². The number of pyridine rings is 2. The van der Waals surface area contributed by atoms with E-state index in [-0.39, 0.29) is 5.56 Å². The zero-order chi connectivity index (χ0) is 14.1. The fourth-order valence-electron chi connectivity index (χ4n) is 2.05. The van der Waals surface area contributed by atoms with Gasteiger partial charge in [-0.1, -0.05) is 23.7 Å². The molecule has 0 aliphatic rings. The summed E-state index contributed by atoms with van der Waals surface area (Å²) in [5.41, 5.74) is 2.07. The largest absolute Gasteiger partial charge is 0.478 e. The molecule has 20 heavy (non-hydrogen) atoms. The zero-order valence-electron chi connectivity index (χ0n) is 10.2. The first-order valence-corrected chi connectivity index (χ1v) is 6.27. The van der Waals surface area contributed by atoms with Crippen LogP contribution in [0.3, 0.4) is 0 Å². The number of benzene rings is 1. The fourth-order valence-corrected chi connectivity index (χ4v) is 2.24. The Balaban J connectivity index is 2.30. The van der Waals surface area contributed by atoms with Gasteiger partial charge in [0.2, 0.25) is 0 Å². The lowest BCUT2D eigenvalue weighted by molar-refractivity contribution is 0.0699. The van der Waals surface area contributed by atoms with Gasteiger partial charge in [-0.3, -0.25) is 4.98 Å². The van der Waals surface area contributed by atoms with E-state index >= 15 is 0 Å². The molecule has 0 saturated heterocycles. The molecule has 0 aliphatic heterocycles. The Hall–Kier alpha value is -2.46. The number of aromatic nitrogens is 2. The molecule has 2 aromatic heterocycles. The van der Waals surface area contributed by atoms with E-state index in [0.29, 0.717) is 21.6 Å². The van der Waals surface area contributed by atoms with Gasteiger partial charge in [0.1, 0.15) is 0 Å². The summed E-state index contributed by atoms with van der Waals surface area (Å²) >= 11 is 5.96. The summed E-state index contributed by atoms with van der Waals surface area (Å²) in [5, 5.41) is 10.5. The Morgan fingerprint density at radius 2 is 2.05 bits per heavy atom. The fraction of sp³-hybridized carbons (Fsp3) is 0. The molecule has 0 spiro atoms. The molecular weight excluding hydrogens is 276 g/mol. The number of hydrogen-bond acceptors (Lipinski definition) is 3. The summed E-state index contributed by atoms with van der Waals surface area (Å²) in [6.07, 6.45) is 3.10. The predicted octanol–water partition coefficient (Wildman–Crippen LogP) is 3.65. The summed E-state index contributed by atoms with van der Waals surface area (Å²) in [5.74, 6) is -0.994. The van der Waals surface area contributed by atoms with Gasteiger partial charge in [0.25, 0.3) is 0 Å². The highest BCUT2D eigenvalue weighted by Gasteiger charge is 2.12. The van der Waals surface area contributed by atoms with Crippen molar-refractivity contribution in [1.29, 1.82) is 0 Å². The molecule has 0 amide bonds. The second-order valence-corrected chi connectivity index (χ2v) is 4.70. The molecule has 2 heterocycles. The molecule has 98 valence electrons. The summed E-state index contributed by atoms with van der Waals surface area (Å²) in [7, 11) is 0. The minimum absolute atomic E-state index is 0.201. The van der Waals surface area contributed by atoms with Crippen LogP contribution >= 0.6 is 11.6 Å². The van der Waals surface area contributed by atoms with Gasteiger partial charge < -0.3 is 5.11 Å². The molecule has 5 heteroatoms. The van der Waals surface area contributed by atoms with Gasteiger partial charge >= 0.3 is 5.97 Å². The zero-order valence-corrected chi connectivity index (χ0v) is 11.0. The van der Waals surface area contributed by atoms with Crippen molar-refractivity contribution >= 4 is 28.5 Å². The van der Waals surface area contributed by atoms with E-state index < -0.39 is 5.97 Å². The summed E-state index contributed by atoms with van der Waals surface area (Å²) in [6, 6.07) is 10.3. The van der Waals surface area contributed by atoms with Gasteiger partial charge in [0.05, 0.1) is 23.0 Å². The molecule has 0 fully saturated rings. The standard InChI is InChI=1S/C15H9ClN2O2/c16-10-3-1-2-9(6-10)13-7-12(15(19)20)11-4-5-17-8-14(11)18-13/h1-8H,(H,19,20). The number of fused-ring (bicyclic) bond motifs is 1. The van der Waals surface area contributed by atoms with E-state index in [1.807, 2.05) is 6.07 Å². The minimum Gasteiger partial charge on any atom is -0.478 e. The number of rotatable bonds is 2. The molecule has 1 N–H and O–H groups in total. The van der Waals surface area contributed by atoms with Crippen LogP contribution < -0.4 is 0 Å². The molecule has 1 aromatic carbocycles. The van der Waals surface area contributed by atoms with Crippen LogP contribution in [0.4, 0.5) is 0 Å². The van der Waals surface area contributed by atoms with Crippen LogP contribution in [-0.4, -0.2) is 21.0 Å². The maximum Gasteiger partial charge on any atom is 0.336 e. The van der Waals surface area contributed by atoms with Gasteiger partial charge in [-0.2, -0.15) is 0 Å². The van der Waals surface area contributed by atoms with Crippen molar-refractivity contribution in [3.8, 4) is 11.3 Å². The van der Waals surface area contributed by atoms with Gasteiger partial charge in [0, 0.05) is 22.2 Å². The first-order valence-electron chi connectivity index (χ1n) is 5.89. The van der Waals surface area contributed by atoms with E-state index in [9.17, 15) is 9.90 Å². The van der Waals surface area contributed by atoms with Gasteiger partial charge in [-0.05, 0) is 24.3 Å². The third kappa shape index (κ3) is 2.21. The van der Waals surface area contributed by atoms with Crippen molar-refractivity contribution in [3.05, 3.63) is 59.4 Å². The molecule has 0 aliphatic carbocycles. The van der Waals surface area contributed by atoms with E-state index in [2.05, 4.69) is 9.97 Å². The van der Waals surface area contributed by atoms with E-state index in [0.717, 1.165) is 5.56 Å². The lowest BCUT2D eigenvalue weighted by atomic mass is 10.1. The SMILES string of the molecule is O=C(O)c1cc(-c2cccc(Cl)c2)nc2cnccc12. The van der Waals surface area contributed by atoms with Crippen LogP contribution in [0.5, 0.6) is 0 Å². The quantitative estimate of drug-likeness (QED) is 0.780. The molecule has 0 atom stereocenters. The van der Waals surface area contributed by atoms with Crippen LogP contribution in [0.25, 0.3) is 22.2 Å². The average molecular weight is 285 g/mol. The first kappa shape index (κ1) is 12.6. The summed E-state index contributed by atoms with van der Waals surface area (Å²) < 4.78 is 0. The molecule has 4 nitrogen and oxygen atoms in total. The lowest BCUT2D eigenvalue weighted by Gasteiger charge is -2.07. The van der Waals surface area contributed by atoms with Gasteiger partial charge in [0.15, 0.2) is 0 Å². The number of nitrogens with zero attached hydrogens (tertiary/aromatic N) is 2. The highest BCUT2D eigenvalue weighted by Crippen LogP contribution is 2.26. The van der Waals surface area contributed by atoms with E-state index in [1.165, 1.54) is 0 Å². The van der Waals surface area contributed by atoms with Crippen molar-refractivity contribution in [1.82, 2.24) is 9.97 Å². The number of carboxylic acid groups (broad SMARTS) is 1. The second-order valence-electron chi connectivity index (χ2n) is 4.26. The lowest BCUT2D eigenvalue weighted by Crippen LogP contribution is -2.00. The number of aromatic carboxylic acids is 1. The average Bonchev–Trinajstić information content (AvgIpc) is 2.46. The third-order valence-electron chi connectivity index (χ3n) is 2.96. The summed E-state index contributed by atoms with van der Waals surface area (Å²) in [4.78, 5) is 19.8. The Morgan fingerprint density at radius 1 is 1.20 bits per heavy atom. The molecule has 0 bridgehead atoms. The molecular formula is C15H9ClN2O2. The normalized spacial score (nSPS) is 10.7. The predicted molar refractivity (Wildman–Crippen MR) is 76.9 cm³/mol. The number of halogens is 1. The van der Waals surface area contributed by atoms with Crippen molar-refractivity contribution in [2.45, 2.75) is 0 Å². The highest BCUT2D eigenvalue weighted by atomic mass is 35.5.